The average molecular weight is 340 g/mol. The molecule has 0 atom stereocenters. The number of quaternary nitrogens is 1. The molecule has 0 aliphatic rings. The second kappa shape index (κ2) is 7.06. The smallest absolute Gasteiger partial charge is 0.0997 e. The first-order valence-corrected chi connectivity index (χ1v) is 9.02. The Labute approximate surface area is 153 Å². The highest BCUT2D eigenvalue weighted by atomic mass is 14.7. The molecular formula is C23H22N3+. The van der Waals surface area contributed by atoms with Crippen LogP contribution in [0.3, 0.4) is 0 Å². The van der Waals surface area contributed by atoms with Gasteiger partial charge < -0.3 is 5.73 Å². The monoisotopic (exact) mass is 340 g/mol. The zero-order chi connectivity index (χ0) is 17.9. The van der Waals surface area contributed by atoms with Gasteiger partial charge in [0, 0.05) is 34.0 Å². The molecule has 0 saturated carbocycles. The summed E-state index contributed by atoms with van der Waals surface area (Å²) in [5.41, 5.74) is 11.7. The molecule has 0 fully saturated rings. The minimum Gasteiger partial charge on any atom is -0.354 e. The lowest BCUT2D eigenvalue weighted by molar-refractivity contribution is -0.386. The predicted molar refractivity (Wildman–Crippen MR) is 106 cm³/mol. The van der Waals surface area contributed by atoms with E-state index in [0.717, 1.165) is 46.4 Å². The summed E-state index contributed by atoms with van der Waals surface area (Å²) in [6.45, 7) is 2.93. The van der Waals surface area contributed by atoms with Gasteiger partial charge in [-0.05, 0) is 24.1 Å². The molecule has 4 rings (SSSR count). The van der Waals surface area contributed by atoms with Crippen LogP contribution in [0.25, 0.3) is 33.3 Å². The van der Waals surface area contributed by atoms with Crippen LogP contribution in [0.1, 0.15) is 18.2 Å². The fraction of sp³-hybridized carbons (Fsp3) is 0.130. The molecule has 2 heterocycles. The van der Waals surface area contributed by atoms with E-state index >= 15 is 0 Å². The lowest BCUT2D eigenvalue weighted by atomic mass is 9.96. The van der Waals surface area contributed by atoms with E-state index in [-0.39, 0.29) is 0 Å². The number of benzene rings is 2. The molecule has 0 saturated heterocycles. The van der Waals surface area contributed by atoms with Crippen molar-refractivity contribution in [2.45, 2.75) is 19.9 Å². The van der Waals surface area contributed by atoms with Crippen LogP contribution >= 0.6 is 0 Å². The Morgan fingerprint density at radius 3 is 2.35 bits per heavy atom. The molecule has 26 heavy (non-hydrogen) atoms. The van der Waals surface area contributed by atoms with Gasteiger partial charge in [0.1, 0.15) is 0 Å². The largest absolute Gasteiger partial charge is 0.354 e. The molecule has 3 N–H and O–H groups in total. The van der Waals surface area contributed by atoms with Crippen molar-refractivity contribution in [3.8, 4) is 22.4 Å². The van der Waals surface area contributed by atoms with Gasteiger partial charge in [0.05, 0.1) is 17.8 Å². The molecule has 0 unspecified atom stereocenters. The van der Waals surface area contributed by atoms with E-state index < -0.39 is 0 Å². The van der Waals surface area contributed by atoms with Gasteiger partial charge in [-0.15, -0.1) is 0 Å². The van der Waals surface area contributed by atoms with Gasteiger partial charge in [0.2, 0.25) is 0 Å². The summed E-state index contributed by atoms with van der Waals surface area (Å²) in [7, 11) is 0. The summed E-state index contributed by atoms with van der Waals surface area (Å²) < 4.78 is 0. The number of fused-ring (bicyclic) bond motifs is 1. The standard InChI is InChI=1S/C23H21N3/c1-2-21-20-14-19(17-6-4-3-5-7-17)23(26-22(20)12-13-25-21)18-10-8-16(15-24)9-11-18/h3-14H,2,15,24H2,1H3/p+1. The highest BCUT2D eigenvalue weighted by Crippen LogP contribution is 2.34. The fourth-order valence-electron chi connectivity index (χ4n) is 3.32. The Morgan fingerprint density at radius 2 is 1.65 bits per heavy atom. The predicted octanol–water partition coefficient (Wildman–Crippen LogP) is 4.27. The topological polar surface area (TPSA) is 53.4 Å². The lowest BCUT2D eigenvalue weighted by Crippen LogP contribution is -2.47. The highest BCUT2D eigenvalue weighted by Gasteiger charge is 2.13. The summed E-state index contributed by atoms with van der Waals surface area (Å²) in [5, 5.41) is 1.13. The van der Waals surface area contributed by atoms with Crippen molar-refractivity contribution in [3.63, 3.8) is 0 Å². The summed E-state index contributed by atoms with van der Waals surface area (Å²) in [5.74, 6) is 0. The number of rotatable bonds is 4. The van der Waals surface area contributed by atoms with Crippen molar-refractivity contribution >= 4 is 10.9 Å². The molecule has 0 aliphatic heterocycles. The number of aromatic nitrogens is 2. The molecule has 128 valence electrons. The van der Waals surface area contributed by atoms with Crippen LogP contribution in [-0.2, 0) is 13.0 Å². The maximum Gasteiger partial charge on any atom is 0.0997 e. The van der Waals surface area contributed by atoms with Gasteiger partial charge in [-0.25, -0.2) is 4.98 Å². The molecule has 4 aromatic rings. The molecule has 0 radical (unpaired) electrons. The SMILES string of the molecule is CCc1nccc2nc(-c3ccc(C[NH3+])cc3)c(-c3ccccc3)cc12. The van der Waals surface area contributed by atoms with Gasteiger partial charge in [-0.2, -0.15) is 0 Å². The van der Waals surface area contributed by atoms with Crippen molar-refractivity contribution in [2.75, 3.05) is 0 Å². The van der Waals surface area contributed by atoms with E-state index in [1.54, 1.807) is 0 Å². The minimum atomic E-state index is 0.794. The van der Waals surface area contributed by atoms with Gasteiger partial charge in [-0.1, -0.05) is 61.5 Å². The zero-order valence-electron chi connectivity index (χ0n) is 14.9. The van der Waals surface area contributed by atoms with E-state index in [4.69, 9.17) is 4.98 Å². The second-order valence-electron chi connectivity index (χ2n) is 6.38. The molecule has 2 aromatic carbocycles. The number of aryl methyl sites for hydroxylation is 1. The zero-order valence-corrected chi connectivity index (χ0v) is 14.9. The molecular weight excluding hydrogens is 318 g/mol. The van der Waals surface area contributed by atoms with Crippen LogP contribution in [0, 0.1) is 0 Å². The summed E-state index contributed by atoms with van der Waals surface area (Å²) in [4.78, 5) is 9.57. The maximum atomic E-state index is 5.03. The summed E-state index contributed by atoms with van der Waals surface area (Å²) in [6, 6.07) is 23.2. The first kappa shape index (κ1) is 16.4. The Kier molecular flexibility index (Phi) is 4.46. The first-order valence-electron chi connectivity index (χ1n) is 9.02. The Morgan fingerprint density at radius 1 is 0.885 bits per heavy atom. The van der Waals surface area contributed by atoms with Gasteiger partial charge in [0.15, 0.2) is 0 Å². The van der Waals surface area contributed by atoms with Crippen molar-refractivity contribution in [3.05, 3.63) is 84.2 Å². The van der Waals surface area contributed by atoms with Crippen LogP contribution in [0.15, 0.2) is 72.9 Å². The van der Waals surface area contributed by atoms with Crippen LogP contribution in [0.4, 0.5) is 0 Å². The normalized spacial score (nSPS) is 11.0. The third-order valence-electron chi connectivity index (χ3n) is 4.76. The van der Waals surface area contributed by atoms with Crippen LogP contribution < -0.4 is 5.73 Å². The van der Waals surface area contributed by atoms with Gasteiger partial charge in [-0.3, -0.25) is 4.98 Å². The number of hydrogen-bond donors (Lipinski definition) is 1. The first-order chi connectivity index (χ1) is 12.8. The third-order valence-corrected chi connectivity index (χ3v) is 4.76. The van der Waals surface area contributed by atoms with Crippen LogP contribution in [0.5, 0.6) is 0 Å². The molecule has 2 aromatic heterocycles. The van der Waals surface area contributed by atoms with Gasteiger partial charge >= 0.3 is 0 Å². The molecule has 0 spiro atoms. The Bertz CT molecular complexity index is 1040. The van der Waals surface area contributed by atoms with E-state index in [1.165, 1.54) is 11.1 Å². The second-order valence-corrected chi connectivity index (χ2v) is 6.38. The van der Waals surface area contributed by atoms with Crippen LogP contribution in [-0.4, -0.2) is 9.97 Å². The van der Waals surface area contributed by atoms with Crippen molar-refractivity contribution in [1.82, 2.24) is 9.97 Å². The van der Waals surface area contributed by atoms with E-state index in [0.29, 0.717) is 0 Å². The van der Waals surface area contributed by atoms with E-state index in [9.17, 15) is 0 Å². The molecule has 3 heteroatoms. The fourth-order valence-corrected chi connectivity index (χ4v) is 3.32. The minimum absolute atomic E-state index is 0.794. The average Bonchev–Trinajstić information content (AvgIpc) is 2.73. The van der Waals surface area contributed by atoms with Crippen molar-refractivity contribution in [1.29, 1.82) is 0 Å². The Balaban J connectivity index is 2.00. The number of pyridine rings is 2. The quantitative estimate of drug-likeness (QED) is 0.603. The summed E-state index contributed by atoms with van der Waals surface area (Å²) in [6.07, 6.45) is 2.75. The molecule has 0 amide bonds. The summed E-state index contributed by atoms with van der Waals surface area (Å²) >= 11 is 0. The lowest BCUT2D eigenvalue weighted by Gasteiger charge is -2.13. The number of nitrogens with zero attached hydrogens (tertiary/aromatic N) is 2. The van der Waals surface area contributed by atoms with Crippen molar-refractivity contribution < 1.29 is 5.73 Å². The Hall–Kier alpha value is -3.04. The van der Waals surface area contributed by atoms with E-state index in [2.05, 4.69) is 72.2 Å². The third kappa shape index (κ3) is 2.98. The molecule has 3 nitrogen and oxygen atoms in total. The highest BCUT2D eigenvalue weighted by molar-refractivity contribution is 5.92. The number of hydrogen-bond acceptors (Lipinski definition) is 2. The van der Waals surface area contributed by atoms with Crippen molar-refractivity contribution in [2.24, 2.45) is 0 Å². The molecule has 0 aliphatic carbocycles. The maximum absolute atomic E-state index is 5.03. The van der Waals surface area contributed by atoms with E-state index in [1.807, 2.05) is 18.3 Å². The molecule has 0 bridgehead atoms. The van der Waals surface area contributed by atoms with Crippen LogP contribution in [0.2, 0.25) is 0 Å². The van der Waals surface area contributed by atoms with Gasteiger partial charge in [0.25, 0.3) is 0 Å².